The molecule has 3 rings (SSSR count). The van der Waals surface area contributed by atoms with Crippen LogP contribution in [-0.4, -0.2) is 53.0 Å². The molecule has 198 valence electrons. The van der Waals surface area contributed by atoms with Gasteiger partial charge in [-0.15, -0.1) is 0 Å². The molecular weight excluding hydrogens is 491 g/mol. The smallest absolute Gasteiger partial charge is 0.475 e. The Kier molecular flexibility index (Phi) is 9.36. The quantitative estimate of drug-likeness (QED) is 0.336. The van der Waals surface area contributed by atoms with E-state index in [9.17, 15) is 26.7 Å². The second-order valence-electron chi connectivity index (χ2n) is 8.37. The SMILES string of the molecule is Cc1cnc(NC2(NC(=O)Nc3ccc(F)c(F)c3)CCCCC2)nc1N(C)C.O=C(O)C(F)(F)F. The van der Waals surface area contributed by atoms with E-state index >= 15 is 0 Å². The third kappa shape index (κ3) is 8.20. The number of carboxylic acids is 1. The molecule has 1 heterocycles. The first-order valence-electron chi connectivity index (χ1n) is 10.9. The fraction of sp³-hybridized carbons (Fsp3) is 0.455. The molecule has 1 fully saturated rings. The van der Waals surface area contributed by atoms with E-state index in [1.807, 2.05) is 25.9 Å². The monoisotopic (exact) mass is 518 g/mol. The standard InChI is InChI=1S/C20H26F2N6O.C2HF3O2/c1-13-12-23-18(25-17(13)28(2)3)26-20(9-5-4-6-10-20)27-19(29)24-14-7-8-15(21)16(22)11-14;3-2(4,5)1(6)7/h7-8,11-12H,4-6,9-10H2,1-3H3,(H,23,25,26)(H2,24,27,29);(H,6,7). The molecule has 9 nitrogen and oxygen atoms in total. The Hall–Kier alpha value is -3.71. The molecule has 2 amide bonds. The number of aliphatic carboxylic acids is 1. The van der Waals surface area contributed by atoms with Gasteiger partial charge in [0.1, 0.15) is 11.5 Å². The van der Waals surface area contributed by atoms with E-state index in [-0.39, 0.29) is 5.69 Å². The molecule has 4 N–H and O–H groups in total. The molecule has 0 atom stereocenters. The number of halogens is 5. The molecule has 0 saturated heterocycles. The summed E-state index contributed by atoms with van der Waals surface area (Å²) in [6.07, 6.45) is 1.01. The molecule has 2 aromatic rings. The van der Waals surface area contributed by atoms with E-state index in [1.165, 1.54) is 6.07 Å². The van der Waals surface area contributed by atoms with Crippen LogP contribution in [0.25, 0.3) is 0 Å². The van der Waals surface area contributed by atoms with Gasteiger partial charge in [-0.2, -0.15) is 18.2 Å². The number of aryl methyl sites for hydroxylation is 1. The van der Waals surface area contributed by atoms with Crippen LogP contribution in [0.5, 0.6) is 0 Å². The van der Waals surface area contributed by atoms with E-state index in [0.29, 0.717) is 18.8 Å². The highest BCUT2D eigenvalue weighted by atomic mass is 19.4. The number of urea groups is 1. The Morgan fingerprint density at radius 2 is 1.69 bits per heavy atom. The molecule has 1 aliphatic rings. The van der Waals surface area contributed by atoms with Crippen LogP contribution in [-0.2, 0) is 4.79 Å². The minimum absolute atomic E-state index is 0.175. The van der Waals surface area contributed by atoms with Crippen LogP contribution in [0.4, 0.5) is 44.2 Å². The first-order chi connectivity index (χ1) is 16.7. The van der Waals surface area contributed by atoms with Crippen LogP contribution in [0, 0.1) is 18.6 Å². The Balaban J connectivity index is 0.000000572. The van der Waals surface area contributed by atoms with E-state index < -0.39 is 35.5 Å². The summed E-state index contributed by atoms with van der Waals surface area (Å²) in [7, 11) is 3.81. The zero-order valence-corrected chi connectivity index (χ0v) is 19.8. The van der Waals surface area contributed by atoms with Gasteiger partial charge in [0.15, 0.2) is 11.6 Å². The molecule has 14 heteroatoms. The van der Waals surface area contributed by atoms with Gasteiger partial charge in [-0.1, -0.05) is 6.42 Å². The van der Waals surface area contributed by atoms with Crippen molar-refractivity contribution < 1.29 is 36.6 Å². The lowest BCUT2D eigenvalue weighted by molar-refractivity contribution is -0.192. The molecule has 1 aromatic heterocycles. The summed E-state index contributed by atoms with van der Waals surface area (Å²) in [5.74, 6) is -3.52. The van der Waals surface area contributed by atoms with Crippen LogP contribution in [0.15, 0.2) is 24.4 Å². The predicted molar refractivity (Wildman–Crippen MR) is 123 cm³/mol. The molecule has 36 heavy (non-hydrogen) atoms. The highest BCUT2D eigenvalue weighted by molar-refractivity contribution is 5.90. The summed E-state index contributed by atoms with van der Waals surface area (Å²) in [6.45, 7) is 1.93. The van der Waals surface area contributed by atoms with Gasteiger partial charge in [-0.25, -0.2) is 23.4 Å². The molecular formula is C22H27F5N6O3. The van der Waals surface area contributed by atoms with E-state index in [1.54, 1.807) is 6.20 Å². The van der Waals surface area contributed by atoms with E-state index in [2.05, 4.69) is 25.9 Å². The number of carboxylic acid groups (broad SMARTS) is 1. The molecule has 1 aromatic carbocycles. The third-order valence-corrected chi connectivity index (χ3v) is 5.20. The third-order valence-electron chi connectivity index (χ3n) is 5.20. The maximum Gasteiger partial charge on any atom is 0.490 e. The van der Waals surface area contributed by atoms with Crippen LogP contribution < -0.4 is 20.9 Å². The summed E-state index contributed by atoms with van der Waals surface area (Å²) in [6, 6.07) is 2.72. The molecule has 0 radical (unpaired) electrons. The van der Waals surface area contributed by atoms with Crippen molar-refractivity contribution in [1.29, 1.82) is 0 Å². The molecule has 1 saturated carbocycles. The number of hydrogen-bond acceptors (Lipinski definition) is 6. The van der Waals surface area contributed by atoms with Crippen molar-refractivity contribution in [3.05, 3.63) is 41.6 Å². The van der Waals surface area contributed by atoms with Crippen LogP contribution in [0.1, 0.15) is 37.7 Å². The zero-order chi connectivity index (χ0) is 27.1. The number of alkyl halides is 3. The lowest BCUT2D eigenvalue weighted by Crippen LogP contribution is -2.56. The summed E-state index contributed by atoms with van der Waals surface area (Å²) in [5, 5.41) is 15.9. The lowest BCUT2D eigenvalue weighted by Gasteiger charge is -2.38. The molecule has 1 aliphatic carbocycles. The van der Waals surface area contributed by atoms with Crippen molar-refractivity contribution >= 4 is 29.5 Å². The number of nitrogens with one attached hydrogen (secondary N) is 3. The fourth-order valence-corrected chi connectivity index (χ4v) is 3.55. The van der Waals surface area contributed by atoms with Gasteiger partial charge in [0.2, 0.25) is 5.95 Å². The summed E-state index contributed by atoms with van der Waals surface area (Å²) in [4.78, 5) is 32.3. The van der Waals surface area contributed by atoms with Crippen molar-refractivity contribution in [2.75, 3.05) is 29.6 Å². The molecule has 0 unspecified atom stereocenters. The van der Waals surface area contributed by atoms with Crippen molar-refractivity contribution in [3.63, 3.8) is 0 Å². The number of rotatable bonds is 5. The van der Waals surface area contributed by atoms with Gasteiger partial charge in [0, 0.05) is 37.6 Å². The van der Waals surface area contributed by atoms with Crippen molar-refractivity contribution in [1.82, 2.24) is 15.3 Å². The Labute approximate surface area is 204 Å². The zero-order valence-electron chi connectivity index (χ0n) is 19.8. The fourth-order valence-electron chi connectivity index (χ4n) is 3.55. The average molecular weight is 518 g/mol. The maximum atomic E-state index is 13.4. The maximum absolute atomic E-state index is 13.4. The number of anilines is 3. The minimum Gasteiger partial charge on any atom is -0.475 e. The average Bonchev–Trinajstić information content (AvgIpc) is 2.77. The van der Waals surface area contributed by atoms with Gasteiger partial charge in [-0.05, 0) is 44.7 Å². The summed E-state index contributed by atoms with van der Waals surface area (Å²) < 4.78 is 58.2. The van der Waals surface area contributed by atoms with E-state index in [4.69, 9.17) is 9.90 Å². The largest absolute Gasteiger partial charge is 0.490 e. The molecule has 0 spiro atoms. The number of amides is 2. The highest BCUT2D eigenvalue weighted by Crippen LogP contribution is 2.29. The highest BCUT2D eigenvalue weighted by Gasteiger charge is 2.38. The Morgan fingerprint density at radius 3 is 2.22 bits per heavy atom. The molecule has 0 bridgehead atoms. The molecule has 0 aliphatic heterocycles. The van der Waals surface area contributed by atoms with Crippen molar-refractivity contribution in [2.24, 2.45) is 0 Å². The van der Waals surface area contributed by atoms with Crippen LogP contribution >= 0.6 is 0 Å². The van der Waals surface area contributed by atoms with Gasteiger partial charge in [0.25, 0.3) is 0 Å². The van der Waals surface area contributed by atoms with Gasteiger partial charge in [-0.3, -0.25) is 0 Å². The summed E-state index contributed by atoms with van der Waals surface area (Å²) in [5.41, 5.74) is 0.399. The first-order valence-corrected chi connectivity index (χ1v) is 10.9. The van der Waals surface area contributed by atoms with Gasteiger partial charge >= 0.3 is 18.2 Å². The predicted octanol–water partition coefficient (Wildman–Crippen LogP) is 4.66. The topological polar surface area (TPSA) is 119 Å². The van der Waals surface area contributed by atoms with Crippen molar-refractivity contribution in [2.45, 2.75) is 50.9 Å². The Bertz CT molecular complexity index is 1070. The first kappa shape index (κ1) is 28.5. The number of carbonyl (C=O) groups is 2. The lowest BCUT2D eigenvalue weighted by atomic mass is 9.89. The minimum atomic E-state index is -5.08. The second-order valence-corrected chi connectivity index (χ2v) is 8.37. The Morgan fingerprint density at radius 1 is 1.08 bits per heavy atom. The van der Waals surface area contributed by atoms with Gasteiger partial charge < -0.3 is 26.0 Å². The van der Waals surface area contributed by atoms with Crippen LogP contribution in [0.3, 0.4) is 0 Å². The van der Waals surface area contributed by atoms with Crippen molar-refractivity contribution in [3.8, 4) is 0 Å². The number of benzene rings is 1. The number of aromatic nitrogens is 2. The number of hydrogen-bond donors (Lipinski definition) is 4. The number of carbonyl (C=O) groups excluding carboxylic acids is 1. The van der Waals surface area contributed by atoms with Crippen LogP contribution in [0.2, 0.25) is 0 Å². The summed E-state index contributed by atoms with van der Waals surface area (Å²) >= 11 is 0. The number of nitrogens with zero attached hydrogens (tertiary/aromatic N) is 3. The van der Waals surface area contributed by atoms with E-state index in [0.717, 1.165) is 42.8 Å². The normalized spacial score (nSPS) is 14.7. The second kappa shape index (κ2) is 11.8. The van der Waals surface area contributed by atoms with Gasteiger partial charge in [0.05, 0.1) is 0 Å².